The first-order chi connectivity index (χ1) is 35.7. The van der Waals surface area contributed by atoms with Crippen LogP contribution in [0.15, 0.2) is 4.99 Å². The fourth-order valence-corrected chi connectivity index (χ4v) is 7.24. The standard InChI is InChI=1S/C40H70N16O16S4/c41-8-2-1-4-18(31(63)50-20(6-7-29(60)61)33(65)52-22(12-57)39(71)72)48-32(64)19(5-3-9-47-40(45)46)49-35(67)23(13-73)54-37(69)25(15-75)56-38(70)26(16-76)55-36(68)24(14-74)53-34(66)21(11-28(44)59)51-30(62)17(42)10-27(43)58/h17-26,57,73-76H,1-16,41-42H2,(H2,43,58)(H2,44,59)(H,48,64)(H,49,67)(H,50,63)(H,51,62)(H,52,65)(H,53,66)(H,54,69)(H,55,68)(H,56,70)(H,60,61)(H,71,72)(H4,45,46,47)/t17-,18-,19-,20-,21-,22-,23-,24-,25-,26-/m0/s1. The Morgan fingerprint density at radius 1 is 0.434 bits per heavy atom. The first kappa shape index (κ1) is 69.7. The molecule has 0 aliphatic heterocycles. The molecule has 0 aromatic rings. The van der Waals surface area contributed by atoms with Crippen LogP contribution in [0.3, 0.4) is 0 Å². The summed E-state index contributed by atoms with van der Waals surface area (Å²) in [7, 11) is 0. The molecule has 0 saturated carbocycles. The van der Waals surface area contributed by atoms with Gasteiger partial charge in [0.25, 0.3) is 0 Å². The number of carbonyl (C=O) groups is 13. The van der Waals surface area contributed by atoms with Crippen molar-refractivity contribution in [3.8, 4) is 0 Å². The van der Waals surface area contributed by atoms with E-state index in [0.717, 1.165) is 0 Å². The van der Waals surface area contributed by atoms with Crippen LogP contribution in [0.5, 0.6) is 0 Å². The van der Waals surface area contributed by atoms with Crippen LogP contribution in [0.4, 0.5) is 0 Å². The number of rotatable bonds is 39. The Bertz CT molecular complexity index is 2080. The smallest absolute Gasteiger partial charge is 0.328 e. The molecule has 0 radical (unpaired) electrons. The molecule has 0 bridgehead atoms. The molecule has 10 atom stereocenters. The minimum absolute atomic E-state index is 0.0465. The average molecular weight is 1160 g/mol. The third-order valence-electron chi connectivity index (χ3n) is 10.3. The number of primary amides is 2. The second kappa shape index (κ2) is 37.4. The molecule has 0 aliphatic rings. The molecule has 36 heteroatoms. The Morgan fingerprint density at radius 3 is 1.09 bits per heavy atom. The van der Waals surface area contributed by atoms with Gasteiger partial charge in [0.2, 0.25) is 65.0 Å². The summed E-state index contributed by atoms with van der Waals surface area (Å²) in [5, 5.41) is 48.6. The molecule has 0 saturated heterocycles. The van der Waals surface area contributed by atoms with Crippen molar-refractivity contribution in [1.82, 2.24) is 47.9 Å². The summed E-state index contributed by atoms with van der Waals surface area (Å²) in [5.41, 5.74) is 32.3. The Hall–Kier alpha value is -6.34. The third-order valence-corrected chi connectivity index (χ3v) is 11.8. The molecular formula is C40H70N16O16S4. The van der Waals surface area contributed by atoms with E-state index in [2.05, 4.69) is 98.0 Å². The molecule has 32 nitrogen and oxygen atoms in total. The summed E-state index contributed by atoms with van der Waals surface area (Å²) in [5.74, 6) is -16.3. The minimum atomic E-state index is -1.81. The van der Waals surface area contributed by atoms with Gasteiger partial charge < -0.3 is 97.6 Å². The number of carboxylic acids is 2. The molecule has 0 aromatic carbocycles. The maximum absolute atomic E-state index is 14.0. The fourth-order valence-electron chi connectivity index (χ4n) is 6.21. The number of hydrogen-bond acceptors (Lipinski definition) is 21. The van der Waals surface area contributed by atoms with Crippen LogP contribution < -0.4 is 82.3 Å². The fraction of sp³-hybridized carbons (Fsp3) is 0.650. The van der Waals surface area contributed by atoms with E-state index in [4.69, 9.17) is 34.4 Å². The average Bonchev–Trinajstić information content (AvgIpc) is 3.35. The zero-order valence-corrected chi connectivity index (χ0v) is 44.5. The van der Waals surface area contributed by atoms with E-state index in [1.807, 2.05) is 5.32 Å². The number of nitrogens with two attached hydrogens (primary N) is 6. The number of carboxylic acid groups (broad SMARTS) is 2. The number of guanidine groups is 1. The van der Waals surface area contributed by atoms with Crippen molar-refractivity contribution in [2.45, 2.75) is 118 Å². The molecule has 0 spiro atoms. The molecular weight excluding hydrogens is 1090 g/mol. The molecule has 24 N–H and O–H groups in total. The molecule has 0 aliphatic carbocycles. The van der Waals surface area contributed by atoms with Crippen molar-refractivity contribution in [3.05, 3.63) is 0 Å². The van der Waals surface area contributed by atoms with Crippen molar-refractivity contribution < 1.29 is 77.6 Å². The summed E-state index contributed by atoms with van der Waals surface area (Å²) >= 11 is 16.4. The first-order valence-electron chi connectivity index (χ1n) is 23.0. The Balaban J connectivity index is 6.36. The van der Waals surface area contributed by atoms with E-state index in [1.165, 1.54) is 0 Å². The molecule has 76 heavy (non-hydrogen) atoms. The van der Waals surface area contributed by atoms with E-state index >= 15 is 0 Å². The lowest BCUT2D eigenvalue weighted by molar-refractivity contribution is -0.144. The number of unbranched alkanes of at least 4 members (excludes halogenated alkanes) is 1. The molecule has 0 heterocycles. The van der Waals surface area contributed by atoms with Crippen LogP contribution >= 0.6 is 50.5 Å². The van der Waals surface area contributed by atoms with E-state index < -0.39 is 193 Å². The zero-order valence-electron chi connectivity index (χ0n) is 40.9. The predicted octanol–water partition coefficient (Wildman–Crippen LogP) is -9.73. The minimum Gasteiger partial charge on any atom is -0.481 e. The monoisotopic (exact) mass is 1160 g/mol. The van der Waals surface area contributed by atoms with E-state index in [-0.39, 0.29) is 44.7 Å². The normalized spacial score (nSPS) is 14.8. The van der Waals surface area contributed by atoms with Gasteiger partial charge in [0.05, 0.1) is 25.5 Å². The van der Waals surface area contributed by atoms with Crippen molar-refractivity contribution in [3.63, 3.8) is 0 Å². The van der Waals surface area contributed by atoms with E-state index in [9.17, 15) is 77.6 Å². The van der Waals surface area contributed by atoms with Crippen LogP contribution in [0, 0.1) is 0 Å². The van der Waals surface area contributed by atoms with Gasteiger partial charge in [-0.1, -0.05) is 0 Å². The number of aliphatic hydroxyl groups is 1. The summed E-state index contributed by atoms with van der Waals surface area (Å²) in [6.07, 6.45) is -2.27. The van der Waals surface area contributed by atoms with Crippen molar-refractivity contribution in [2.24, 2.45) is 39.4 Å². The first-order valence-corrected chi connectivity index (χ1v) is 25.5. The number of aliphatic hydroxyl groups excluding tert-OH is 1. The number of hydrogen-bond donors (Lipinski definition) is 22. The van der Waals surface area contributed by atoms with Crippen molar-refractivity contribution in [1.29, 1.82) is 0 Å². The van der Waals surface area contributed by atoms with Crippen molar-refractivity contribution >= 4 is 133 Å². The Kier molecular flexibility index (Phi) is 34.3. The maximum Gasteiger partial charge on any atom is 0.328 e. The predicted molar refractivity (Wildman–Crippen MR) is 283 cm³/mol. The van der Waals surface area contributed by atoms with Gasteiger partial charge in [-0.05, 0) is 45.1 Å². The zero-order chi connectivity index (χ0) is 58.2. The van der Waals surface area contributed by atoms with Crippen LogP contribution in [0.2, 0.25) is 0 Å². The Morgan fingerprint density at radius 2 is 0.763 bits per heavy atom. The van der Waals surface area contributed by atoms with Gasteiger partial charge in [0.1, 0.15) is 54.4 Å². The van der Waals surface area contributed by atoms with Gasteiger partial charge in [-0.15, -0.1) is 0 Å². The third kappa shape index (κ3) is 27.4. The maximum atomic E-state index is 14.0. The quantitative estimate of drug-likeness (QED) is 0.0118. The molecule has 0 unspecified atom stereocenters. The number of carbonyl (C=O) groups excluding carboxylic acids is 11. The second-order valence-electron chi connectivity index (χ2n) is 16.4. The highest BCUT2D eigenvalue weighted by Crippen LogP contribution is 2.09. The lowest BCUT2D eigenvalue weighted by atomic mass is 10.0. The molecule has 430 valence electrons. The van der Waals surface area contributed by atoms with Crippen LogP contribution in [0.1, 0.15) is 57.8 Å². The van der Waals surface area contributed by atoms with E-state index in [0.29, 0.717) is 6.42 Å². The summed E-state index contributed by atoms with van der Waals surface area (Å²) < 4.78 is 0. The number of thiol groups is 4. The second-order valence-corrected chi connectivity index (χ2v) is 17.9. The highest BCUT2D eigenvalue weighted by atomic mass is 32.1. The lowest BCUT2D eigenvalue weighted by Crippen LogP contribution is -2.61. The largest absolute Gasteiger partial charge is 0.481 e. The highest BCUT2D eigenvalue weighted by molar-refractivity contribution is 7.80. The molecule has 0 aromatic heterocycles. The van der Waals surface area contributed by atoms with Gasteiger partial charge in [0.15, 0.2) is 5.96 Å². The number of aliphatic carboxylic acids is 2. The highest BCUT2D eigenvalue weighted by Gasteiger charge is 2.35. The molecule has 11 amide bonds. The Labute approximate surface area is 457 Å². The van der Waals surface area contributed by atoms with E-state index in [1.54, 1.807) is 0 Å². The SMILES string of the molecule is NCCCC[C@H](NC(=O)[C@H](CCCN=C(N)N)NC(=O)[C@H](CS)NC(=O)[C@H](CS)NC(=O)[C@H](CS)NC(=O)[C@H](CS)NC(=O)[C@H](CC(N)=O)NC(=O)[C@@H](N)CC(N)=O)C(=O)N[C@@H](CCC(=O)O)C(=O)N[C@@H](CO)C(=O)O. The van der Waals surface area contributed by atoms with Gasteiger partial charge in [0, 0.05) is 36.0 Å². The van der Waals surface area contributed by atoms with Gasteiger partial charge in [-0.2, -0.15) is 50.5 Å². The number of nitrogens with one attached hydrogen (secondary N) is 9. The topological polar surface area (TPSA) is 559 Å². The summed E-state index contributed by atoms with van der Waals surface area (Å²) in [6, 6.07) is -15.7. The lowest BCUT2D eigenvalue weighted by Gasteiger charge is -2.27. The molecule has 0 fully saturated rings. The van der Waals surface area contributed by atoms with Gasteiger partial charge in [-0.25, -0.2) is 4.79 Å². The molecule has 0 rings (SSSR count). The number of aliphatic imine (C=N–C) groups is 1. The van der Waals surface area contributed by atoms with Crippen LogP contribution in [0.25, 0.3) is 0 Å². The van der Waals surface area contributed by atoms with Crippen molar-refractivity contribution in [2.75, 3.05) is 42.7 Å². The summed E-state index contributed by atoms with van der Waals surface area (Å²) in [4.78, 5) is 170. The van der Waals surface area contributed by atoms with Gasteiger partial charge >= 0.3 is 11.9 Å². The van der Waals surface area contributed by atoms with Crippen LogP contribution in [-0.4, -0.2) is 201 Å². The van der Waals surface area contributed by atoms with Gasteiger partial charge in [-0.3, -0.25) is 62.5 Å². The van der Waals surface area contributed by atoms with Crippen LogP contribution in [-0.2, 0) is 62.3 Å². The number of nitrogens with zero attached hydrogens (tertiary/aromatic N) is 1. The summed E-state index contributed by atoms with van der Waals surface area (Å²) in [6.45, 7) is -0.925. The number of amides is 11.